The monoisotopic (exact) mass is 238 g/mol. The van der Waals surface area contributed by atoms with Crippen LogP contribution in [0.4, 0.5) is 0 Å². The Labute approximate surface area is 102 Å². The lowest BCUT2D eigenvalue weighted by atomic mass is 9.96. The summed E-state index contributed by atoms with van der Waals surface area (Å²) in [4.78, 5) is 4.40. The molecule has 0 aromatic carbocycles. The highest BCUT2D eigenvalue weighted by Crippen LogP contribution is 2.32. The predicted molar refractivity (Wildman–Crippen MR) is 67.6 cm³/mol. The molecule has 88 valence electrons. The van der Waals surface area contributed by atoms with Gasteiger partial charge in [0.1, 0.15) is 0 Å². The smallest absolute Gasteiger partial charge is 0.0589 e. The molecule has 0 spiro atoms. The lowest BCUT2D eigenvalue weighted by Crippen LogP contribution is -2.20. The minimum absolute atomic E-state index is 0.375. The molecule has 1 aliphatic rings. The van der Waals surface area contributed by atoms with E-state index >= 15 is 0 Å². The molecular weight excluding hydrogens is 220 g/mol. The van der Waals surface area contributed by atoms with Crippen molar-refractivity contribution in [1.82, 2.24) is 10.3 Å². The van der Waals surface area contributed by atoms with Crippen molar-refractivity contribution in [3.8, 4) is 0 Å². The maximum atomic E-state index is 5.85. The zero-order valence-corrected chi connectivity index (χ0v) is 10.5. The average molecular weight is 239 g/mol. The van der Waals surface area contributed by atoms with Crippen molar-refractivity contribution in [3.05, 3.63) is 29.0 Å². The molecule has 1 aromatic heterocycles. The summed E-state index contributed by atoms with van der Waals surface area (Å²) in [6, 6.07) is 4.32. The van der Waals surface area contributed by atoms with Gasteiger partial charge in [-0.25, -0.2) is 0 Å². The number of hydrogen-bond donors (Lipinski definition) is 1. The fourth-order valence-electron chi connectivity index (χ4n) is 2.56. The molecule has 1 atom stereocenters. The van der Waals surface area contributed by atoms with Gasteiger partial charge in [-0.15, -0.1) is 0 Å². The summed E-state index contributed by atoms with van der Waals surface area (Å²) in [5.74, 6) is 0.870. The van der Waals surface area contributed by atoms with Crippen molar-refractivity contribution in [1.29, 1.82) is 0 Å². The van der Waals surface area contributed by atoms with Gasteiger partial charge in [-0.05, 0) is 31.5 Å². The van der Waals surface area contributed by atoms with E-state index in [0.717, 1.165) is 11.6 Å². The summed E-state index contributed by atoms with van der Waals surface area (Å²) in [6.07, 6.45) is 8.49. The van der Waals surface area contributed by atoms with E-state index in [4.69, 9.17) is 11.6 Å². The first-order valence-corrected chi connectivity index (χ1v) is 6.46. The first-order chi connectivity index (χ1) is 7.79. The Balaban J connectivity index is 2.00. The lowest BCUT2D eigenvalue weighted by molar-refractivity contribution is 0.408. The van der Waals surface area contributed by atoms with Crippen LogP contribution in [0.3, 0.4) is 0 Å². The molecule has 1 fully saturated rings. The average Bonchev–Trinajstić information content (AvgIpc) is 2.80. The molecule has 0 aliphatic heterocycles. The summed E-state index contributed by atoms with van der Waals surface area (Å²) in [5.41, 5.74) is 1.11. The minimum atomic E-state index is 0.375. The van der Waals surface area contributed by atoms with E-state index in [1.165, 1.54) is 32.1 Å². The first kappa shape index (κ1) is 11.9. The maximum Gasteiger partial charge on any atom is 0.0589 e. The number of pyridine rings is 1. The van der Waals surface area contributed by atoms with E-state index in [1.54, 1.807) is 6.20 Å². The zero-order valence-electron chi connectivity index (χ0n) is 9.75. The largest absolute Gasteiger partial charge is 0.312 e. The van der Waals surface area contributed by atoms with Crippen molar-refractivity contribution in [3.63, 3.8) is 0 Å². The summed E-state index contributed by atoms with van der Waals surface area (Å²) < 4.78 is 0. The van der Waals surface area contributed by atoms with Gasteiger partial charge >= 0.3 is 0 Å². The Hall–Kier alpha value is -0.600. The second kappa shape index (κ2) is 5.65. The van der Waals surface area contributed by atoms with Crippen molar-refractivity contribution >= 4 is 11.6 Å². The fraction of sp³-hybridized carbons (Fsp3) is 0.615. The standard InChI is InChI=1S/C13H19ClN2/c1-15-13(8-10-4-2-3-5-10)12-7-6-11(14)9-16-12/h6-7,9-10,13,15H,2-5,8H2,1H3. The van der Waals surface area contributed by atoms with Crippen LogP contribution in [0.2, 0.25) is 5.02 Å². The molecule has 1 heterocycles. The van der Waals surface area contributed by atoms with Crippen LogP contribution in [0.25, 0.3) is 0 Å². The van der Waals surface area contributed by atoms with Crippen molar-refractivity contribution in [2.75, 3.05) is 7.05 Å². The molecule has 1 unspecified atom stereocenters. The van der Waals surface area contributed by atoms with Crippen LogP contribution in [-0.4, -0.2) is 12.0 Å². The summed E-state index contributed by atoms with van der Waals surface area (Å²) >= 11 is 5.85. The van der Waals surface area contributed by atoms with Crippen molar-refractivity contribution in [2.24, 2.45) is 5.92 Å². The second-order valence-electron chi connectivity index (χ2n) is 4.63. The van der Waals surface area contributed by atoms with E-state index in [0.29, 0.717) is 11.1 Å². The topological polar surface area (TPSA) is 24.9 Å². The van der Waals surface area contributed by atoms with Gasteiger partial charge in [0.25, 0.3) is 0 Å². The fourth-order valence-corrected chi connectivity index (χ4v) is 2.67. The Morgan fingerprint density at radius 1 is 1.44 bits per heavy atom. The van der Waals surface area contributed by atoms with Crippen LogP contribution < -0.4 is 5.32 Å². The van der Waals surface area contributed by atoms with Gasteiger partial charge in [-0.1, -0.05) is 37.3 Å². The number of aromatic nitrogens is 1. The van der Waals surface area contributed by atoms with Crippen LogP contribution in [0.15, 0.2) is 18.3 Å². The molecule has 0 bridgehead atoms. The van der Waals surface area contributed by atoms with Crippen LogP contribution in [0, 0.1) is 5.92 Å². The molecule has 1 N–H and O–H groups in total. The highest BCUT2D eigenvalue weighted by atomic mass is 35.5. The molecule has 2 rings (SSSR count). The van der Waals surface area contributed by atoms with Crippen molar-refractivity contribution < 1.29 is 0 Å². The van der Waals surface area contributed by atoms with E-state index < -0.39 is 0 Å². The van der Waals surface area contributed by atoms with Gasteiger partial charge in [-0.3, -0.25) is 4.98 Å². The zero-order chi connectivity index (χ0) is 11.4. The maximum absolute atomic E-state index is 5.85. The molecule has 16 heavy (non-hydrogen) atoms. The number of hydrogen-bond acceptors (Lipinski definition) is 2. The van der Waals surface area contributed by atoms with Crippen LogP contribution in [0.5, 0.6) is 0 Å². The summed E-state index contributed by atoms with van der Waals surface area (Å²) in [7, 11) is 2.01. The van der Waals surface area contributed by atoms with Crippen LogP contribution >= 0.6 is 11.6 Å². The Kier molecular flexibility index (Phi) is 4.19. The summed E-state index contributed by atoms with van der Waals surface area (Å²) in [6.45, 7) is 0. The van der Waals surface area contributed by atoms with Gasteiger partial charge in [-0.2, -0.15) is 0 Å². The van der Waals surface area contributed by atoms with E-state index in [-0.39, 0.29) is 0 Å². The van der Waals surface area contributed by atoms with Gasteiger partial charge in [0.15, 0.2) is 0 Å². The number of rotatable bonds is 4. The third kappa shape index (κ3) is 2.96. The first-order valence-electron chi connectivity index (χ1n) is 6.08. The number of nitrogens with one attached hydrogen (secondary N) is 1. The van der Waals surface area contributed by atoms with Crippen molar-refractivity contribution in [2.45, 2.75) is 38.1 Å². The van der Waals surface area contributed by atoms with E-state index in [1.807, 2.05) is 19.2 Å². The Morgan fingerprint density at radius 3 is 2.75 bits per heavy atom. The lowest BCUT2D eigenvalue weighted by Gasteiger charge is -2.19. The molecule has 0 amide bonds. The molecule has 1 saturated carbocycles. The van der Waals surface area contributed by atoms with Gasteiger partial charge in [0.2, 0.25) is 0 Å². The summed E-state index contributed by atoms with van der Waals surface area (Å²) in [5, 5.41) is 4.07. The Morgan fingerprint density at radius 2 is 2.19 bits per heavy atom. The SMILES string of the molecule is CNC(CC1CCCC1)c1ccc(Cl)cn1. The van der Waals surface area contributed by atoms with Crippen LogP contribution in [-0.2, 0) is 0 Å². The highest BCUT2D eigenvalue weighted by molar-refractivity contribution is 6.30. The van der Waals surface area contributed by atoms with E-state index in [2.05, 4.69) is 10.3 Å². The third-order valence-electron chi connectivity index (χ3n) is 3.50. The molecule has 3 heteroatoms. The Bertz CT molecular complexity index is 317. The predicted octanol–water partition coefficient (Wildman–Crippen LogP) is 3.58. The van der Waals surface area contributed by atoms with Gasteiger partial charge in [0, 0.05) is 12.2 Å². The molecular formula is C13H19ClN2. The quantitative estimate of drug-likeness (QED) is 0.868. The molecule has 1 aliphatic carbocycles. The highest BCUT2D eigenvalue weighted by Gasteiger charge is 2.20. The molecule has 1 aromatic rings. The number of halogens is 1. The van der Waals surface area contributed by atoms with E-state index in [9.17, 15) is 0 Å². The third-order valence-corrected chi connectivity index (χ3v) is 3.72. The second-order valence-corrected chi connectivity index (χ2v) is 5.07. The normalized spacial score (nSPS) is 18.9. The number of nitrogens with zero attached hydrogens (tertiary/aromatic N) is 1. The van der Waals surface area contributed by atoms with Crippen LogP contribution in [0.1, 0.15) is 43.8 Å². The van der Waals surface area contributed by atoms with Gasteiger partial charge in [0.05, 0.1) is 10.7 Å². The minimum Gasteiger partial charge on any atom is -0.312 e. The molecule has 0 saturated heterocycles. The molecule has 2 nitrogen and oxygen atoms in total. The van der Waals surface area contributed by atoms with Gasteiger partial charge < -0.3 is 5.32 Å². The molecule has 0 radical (unpaired) electrons.